The Labute approximate surface area is 54.5 Å². The smallest absolute Gasteiger partial charge is 0.124 e. The number of aryl methyl sites for hydroxylation is 2. The molecule has 0 aromatic carbocycles. The van der Waals surface area contributed by atoms with Crippen molar-refractivity contribution >= 4 is 5.82 Å². The van der Waals surface area contributed by atoms with Gasteiger partial charge < -0.3 is 5.73 Å². The highest BCUT2D eigenvalue weighted by Crippen LogP contribution is 2.08. The Balaban J connectivity index is 3.04. The summed E-state index contributed by atoms with van der Waals surface area (Å²) in [6.45, 7) is 2.06. The van der Waals surface area contributed by atoms with Crippen molar-refractivity contribution < 1.29 is 0 Å². The highest BCUT2D eigenvalue weighted by molar-refractivity contribution is 5.37. The third kappa shape index (κ3) is 0.896. The Bertz CT molecular complexity index is 202. The molecule has 50 valence electrons. The number of nitrogens with two attached hydrogens (primary N) is 1. The maximum Gasteiger partial charge on any atom is 0.124 e. The zero-order valence-electron chi connectivity index (χ0n) is 5.76. The Morgan fingerprint density at radius 1 is 1.78 bits per heavy atom. The fourth-order valence-electron chi connectivity index (χ4n) is 0.765. The first kappa shape index (κ1) is 6.13. The van der Waals surface area contributed by atoms with Gasteiger partial charge in [-0.05, 0) is 6.42 Å². The van der Waals surface area contributed by atoms with E-state index in [0.29, 0.717) is 0 Å². The van der Waals surface area contributed by atoms with Crippen LogP contribution in [0.4, 0.5) is 5.82 Å². The lowest BCUT2D eigenvalue weighted by atomic mass is 10.3. The Morgan fingerprint density at radius 3 is 2.67 bits per heavy atom. The van der Waals surface area contributed by atoms with Crippen molar-refractivity contribution in [3.05, 3.63) is 11.8 Å². The van der Waals surface area contributed by atoms with Gasteiger partial charge in [-0.1, -0.05) is 6.92 Å². The summed E-state index contributed by atoms with van der Waals surface area (Å²) in [5.41, 5.74) is 6.74. The van der Waals surface area contributed by atoms with Crippen LogP contribution in [0.2, 0.25) is 0 Å². The molecule has 0 amide bonds. The molecule has 1 aromatic heterocycles. The average Bonchev–Trinajstić information content (AvgIpc) is 2.15. The third-order valence-electron chi connectivity index (χ3n) is 1.45. The predicted molar refractivity (Wildman–Crippen MR) is 37.0 cm³/mol. The minimum Gasteiger partial charge on any atom is -0.384 e. The van der Waals surface area contributed by atoms with Gasteiger partial charge in [-0.15, -0.1) is 0 Å². The molecule has 3 nitrogen and oxygen atoms in total. The van der Waals surface area contributed by atoms with Gasteiger partial charge in [0.15, 0.2) is 0 Å². The van der Waals surface area contributed by atoms with Gasteiger partial charge in [0.1, 0.15) is 5.82 Å². The average molecular weight is 125 g/mol. The van der Waals surface area contributed by atoms with Crippen LogP contribution in [0.1, 0.15) is 12.5 Å². The fourth-order valence-corrected chi connectivity index (χ4v) is 0.765. The Hall–Kier alpha value is -0.990. The van der Waals surface area contributed by atoms with Crippen molar-refractivity contribution in [3.63, 3.8) is 0 Å². The second kappa shape index (κ2) is 2.09. The van der Waals surface area contributed by atoms with E-state index in [1.807, 2.05) is 7.05 Å². The van der Waals surface area contributed by atoms with Crippen LogP contribution in [-0.2, 0) is 13.5 Å². The SMILES string of the molecule is CCc1cnn(C)c1N. The van der Waals surface area contributed by atoms with Gasteiger partial charge in [0.25, 0.3) is 0 Å². The van der Waals surface area contributed by atoms with Crippen LogP contribution in [0.25, 0.3) is 0 Å². The zero-order valence-corrected chi connectivity index (χ0v) is 5.76. The van der Waals surface area contributed by atoms with Gasteiger partial charge in [0.2, 0.25) is 0 Å². The first-order valence-corrected chi connectivity index (χ1v) is 3.02. The van der Waals surface area contributed by atoms with Crippen molar-refractivity contribution in [2.24, 2.45) is 7.05 Å². The summed E-state index contributed by atoms with van der Waals surface area (Å²) in [6, 6.07) is 0. The molecule has 1 heterocycles. The van der Waals surface area contributed by atoms with Gasteiger partial charge in [0, 0.05) is 12.6 Å². The Morgan fingerprint density at radius 2 is 2.44 bits per heavy atom. The maximum atomic E-state index is 5.61. The third-order valence-corrected chi connectivity index (χ3v) is 1.45. The van der Waals surface area contributed by atoms with Crippen LogP contribution in [0.3, 0.4) is 0 Å². The molecule has 0 saturated heterocycles. The number of aromatic nitrogens is 2. The largest absolute Gasteiger partial charge is 0.384 e. The van der Waals surface area contributed by atoms with E-state index in [0.717, 1.165) is 17.8 Å². The lowest BCUT2D eigenvalue weighted by Gasteiger charge is -1.93. The molecule has 0 radical (unpaired) electrons. The van der Waals surface area contributed by atoms with Crippen LogP contribution < -0.4 is 5.73 Å². The second-order valence-electron chi connectivity index (χ2n) is 2.03. The van der Waals surface area contributed by atoms with E-state index in [1.54, 1.807) is 10.9 Å². The molecular formula is C6H11N3. The van der Waals surface area contributed by atoms with Gasteiger partial charge >= 0.3 is 0 Å². The maximum absolute atomic E-state index is 5.61. The molecule has 0 bridgehead atoms. The van der Waals surface area contributed by atoms with Gasteiger partial charge in [0.05, 0.1) is 6.20 Å². The van der Waals surface area contributed by atoms with Crippen molar-refractivity contribution in [1.29, 1.82) is 0 Å². The zero-order chi connectivity index (χ0) is 6.85. The molecule has 0 spiro atoms. The normalized spacial score (nSPS) is 10.0. The number of rotatable bonds is 1. The van der Waals surface area contributed by atoms with E-state index in [1.165, 1.54) is 0 Å². The fraction of sp³-hybridized carbons (Fsp3) is 0.500. The molecule has 0 fully saturated rings. The highest BCUT2D eigenvalue weighted by atomic mass is 15.3. The first-order chi connectivity index (χ1) is 4.25. The molecule has 9 heavy (non-hydrogen) atoms. The molecule has 3 heteroatoms. The van der Waals surface area contributed by atoms with Crippen LogP contribution in [0.5, 0.6) is 0 Å². The number of nitrogen functional groups attached to an aromatic ring is 1. The van der Waals surface area contributed by atoms with Gasteiger partial charge in [-0.25, -0.2) is 0 Å². The summed E-state index contributed by atoms with van der Waals surface area (Å²) in [6.07, 6.45) is 2.76. The number of hydrogen-bond donors (Lipinski definition) is 1. The summed E-state index contributed by atoms with van der Waals surface area (Å²) < 4.78 is 1.68. The van der Waals surface area contributed by atoms with E-state index in [2.05, 4.69) is 12.0 Å². The Kier molecular flexibility index (Phi) is 1.42. The summed E-state index contributed by atoms with van der Waals surface area (Å²) in [5.74, 6) is 0.775. The van der Waals surface area contributed by atoms with Gasteiger partial charge in [-0.3, -0.25) is 4.68 Å². The van der Waals surface area contributed by atoms with Crippen LogP contribution >= 0.6 is 0 Å². The predicted octanol–water partition coefficient (Wildman–Crippen LogP) is 0.565. The molecule has 0 aliphatic carbocycles. The summed E-state index contributed by atoms with van der Waals surface area (Å²) in [5, 5.41) is 3.98. The van der Waals surface area contributed by atoms with Crippen LogP contribution in [-0.4, -0.2) is 9.78 Å². The van der Waals surface area contributed by atoms with Crippen LogP contribution in [0.15, 0.2) is 6.20 Å². The number of nitrogens with zero attached hydrogens (tertiary/aromatic N) is 2. The molecule has 1 rings (SSSR count). The lowest BCUT2D eigenvalue weighted by molar-refractivity contribution is 0.778. The quantitative estimate of drug-likeness (QED) is 0.596. The standard InChI is InChI=1S/C6H11N3/c1-3-5-4-8-9(2)6(5)7/h4H,3,7H2,1-2H3. The molecular weight excluding hydrogens is 114 g/mol. The molecule has 2 N–H and O–H groups in total. The summed E-state index contributed by atoms with van der Waals surface area (Å²) >= 11 is 0. The van der Waals surface area contributed by atoms with E-state index in [-0.39, 0.29) is 0 Å². The number of anilines is 1. The van der Waals surface area contributed by atoms with E-state index < -0.39 is 0 Å². The van der Waals surface area contributed by atoms with Gasteiger partial charge in [-0.2, -0.15) is 5.10 Å². The second-order valence-corrected chi connectivity index (χ2v) is 2.03. The highest BCUT2D eigenvalue weighted by Gasteiger charge is 1.99. The molecule has 0 saturated carbocycles. The molecule has 0 aliphatic rings. The summed E-state index contributed by atoms with van der Waals surface area (Å²) in [7, 11) is 1.84. The van der Waals surface area contributed by atoms with Crippen molar-refractivity contribution in [1.82, 2.24) is 9.78 Å². The number of hydrogen-bond acceptors (Lipinski definition) is 2. The van der Waals surface area contributed by atoms with Crippen molar-refractivity contribution in [2.45, 2.75) is 13.3 Å². The van der Waals surface area contributed by atoms with Crippen molar-refractivity contribution in [3.8, 4) is 0 Å². The monoisotopic (exact) mass is 125 g/mol. The minimum absolute atomic E-state index is 0.775. The first-order valence-electron chi connectivity index (χ1n) is 3.02. The van der Waals surface area contributed by atoms with E-state index in [4.69, 9.17) is 5.73 Å². The van der Waals surface area contributed by atoms with Crippen LogP contribution in [0, 0.1) is 0 Å². The molecule has 0 atom stereocenters. The summed E-state index contributed by atoms with van der Waals surface area (Å²) in [4.78, 5) is 0. The van der Waals surface area contributed by atoms with E-state index in [9.17, 15) is 0 Å². The van der Waals surface area contributed by atoms with Crippen molar-refractivity contribution in [2.75, 3.05) is 5.73 Å². The minimum atomic E-state index is 0.775. The topological polar surface area (TPSA) is 43.8 Å². The van der Waals surface area contributed by atoms with E-state index >= 15 is 0 Å². The lowest BCUT2D eigenvalue weighted by Crippen LogP contribution is -1.98. The molecule has 1 aromatic rings. The molecule has 0 aliphatic heterocycles. The molecule has 0 unspecified atom stereocenters.